The third-order valence-electron chi connectivity index (χ3n) is 3.54. The number of carbonyl (C=O) groups excluding carboxylic acids is 2. The number of carbonyl (C=O) groups is 2. The minimum Gasteiger partial charge on any atom is -0.493 e. The van der Waals surface area contributed by atoms with Crippen LogP contribution in [-0.2, 0) is 4.79 Å². The minimum atomic E-state index is -0.665. The van der Waals surface area contributed by atoms with Gasteiger partial charge < -0.3 is 20.5 Å². The van der Waals surface area contributed by atoms with Gasteiger partial charge in [0.2, 0.25) is 0 Å². The molecule has 0 fully saturated rings. The molecule has 0 heterocycles. The largest absolute Gasteiger partial charge is 0.493 e. The topological polar surface area (TPSA) is 90.7 Å². The van der Waals surface area contributed by atoms with Crippen LogP contribution in [0.1, 0.15) is 28.9 Å². The Kier molecular flexibility index (Phi) is 6.25. The lowest BCUT2D eigenvalue weighted by atomic mass is 10.1. The number of methoxy groups -OCH3 is 1. The SMILES string of the molecule is COc1cccc(C(N)=O)c1OCC(=O)NC(C)c1cccc(Cl)c1. The maximum atomic E-state index is 12.1. The van der Waals surface area contributed by atoms with Gasteiger partial charge in [0.15, 0.2) is 18.1 Å². The fourth-order valence-electron chi connectivity index (χ4n) is 2.30. The lowest BCUT2D eigenvalue weighted by Crippen LogP contribution is -2.31. The molecule has 25 heavy (non-hydrogen) atoms. The van der Waals surface area contributed by atoms with Crippen molar-refractivity contribution in [3.8, 4) is 11.5 Å². The highest BCUT2D eigenvalue weighted by Gasteiger charge is 2.17. The lowest BCUT2D eigenvalue weighted by Gasteiger charge is -2.16. The number of amides is 2. The second kappa shape index (κ2) is 8.39. The quantitative estimate of drug-likeness (QED) is 0.792. The van der Waals surface area contributed by atoms with Gasteiger partial charge in [-0.1, -0.05) is 29.8 Å². The number of ether oxygens (including phenoxy) is 2. The van der Waals surface area contributed by atoms with Crippen LogP contribution in [0, 0.1) is 0 Å². The van der Waals surface area contributed by atoms with Gasteiger partial charge in [0.1, 0.15) is 0 Å². The smallest absolute Gasteiger partial charge is 0.258 e. The van der Waals surface area contributed by atoms with Crippen LogP contribution in [0.15, 0.2) is 42.5 Å². The molecule has 0 saturated heterocycles. The van der Waals surface area contributed by atoms with E-state index in [0.29, 0.717) is 10.8 Å². The molecule has 0 aromatic heterocycles. The Balaban J connectivity index is 2.04. The number of nitrogens with two attached hydrogens (primary N) is 1. The van der Waals surface area contributed by atoms with Crippen molar-refractivity contribution in [1.82, 2.24) is 5.32 Å². The predicted molar refractivity (Wildman–Crippen MR) is 95.0 cm³/mol. The molecule has 6 nitrogen and oxygen atoms in total. The van der Waals surface area contributed by atoms with Crippen molar-refractivity contribution < 1.29 is 19.1 Å². The van der Waals surface area contributed by atoms with Crippen LogP contribution in [0.2, 0.25) is 5.02 Å². The van der Waals surface area contributed by atoms with Crippen LogP contribution in [-0.4, -0.2) is 25.5 Å². The van der Waals surface area contributed by atoms with Crippen LogP contribution in [0.5, 0.6) is 11.5 Å². The van der Waals surface area contributed by atoms with E-state index in [1.165, 1.54) is 13.2 Å². The fraction of sp³-hybridized carbons (Fsp3) is 0.222. The maximum Gasteiger partial charge on any atom is 0.258 e. The molecule has 7 heteroatoms. The molecule has 1 atom stereocenters. The summed E-state index contributed by atoms with van der Waals surface area (Å²) in [5, 5.41) is 3.39. The summed E-state index contributed by atoms with van der Waals surface area (Å²) in [6.45, 7) is 1.55. The van der Waals surface area contributed by atoms with E-state index in [2.05, 4.69) is 5.32 Å². The lowest BCUT2D eigenvalue weighted by molar-refractivity contribution is -0.123. The van der Waals surface area contributed by atoms with Gasteiger partial charge in [0, 0.05) is 5.02 Å². The first-order valence-corrected chi connectivity index (χ1v) is 7.94. The van der Waals surface area contributed by atoms with Gasteiger partial charge >= 0.3 is 0 Å². The van der Waals surface area contributed by atoms with E-state index < -0.39 is 5.91 Å². The van der Waals surface area contributed by atoms with Gasteiger partial charge in [0.05, 0.1) is 18.7 Å². The summed E-state index contributed by atoms with van der Waals surface area (Å²) in [6.07, 6.45) is 0. The van der Waals surface area contributed by atoms with Gasteiger partial charge in [-0.15, -0.1) is 0 Å². The van der Waals surface area contributed by atoms with E-state index in [1.54, 1.807) is 24.3 Å². The van der Waals surface area contributed by atoms with E-state index in [-0.39, 0.29) is 29.9 Å². The van der Waals surface area contributed by atoms with Crippen LogP contribution >= 0.6 is 11.6 Å². The summed E-state index contributed by atoms with van der Waals surface area (Å²) >= 11 is 5.95. The summed E-state index contributed by atoms with van der Waals surface area (Å²) in [6, 6.07) is 11.7. The Hall–Kier alpha value is -2.73. The fourth-order valence-corrected chi connectivity index (χ4v) is 2.50. The Labute approximate surface area is 150 Å². The standard InChI is InChI=1S/C18H19ClN2O4/c1-11(12-5-3-6-13(19)9-12)21-16(22)10-25-17-14(18(20)23)7-4-8-15(17)24-2/h3-9,11H,10H2,1-2H3,(H2,20,23)(H,21,22). The molecular formula is C18H19ClN2O4. The summed E-state index contributed by atoms with van der Waals surface area (Å²) in [5.74, 6) is -0.551. The molecule has 0 aliphatic heterocycles. The second-order valence-corrected chi connectivity index (χ2v) is 5.77. The molecule has 2 amide bonds. The normalized spacial score (nSPS) is 11.5. The van der Waals surface area contributed by atoms with E-state index in [4.69, 9.17) is 26.8 Å². The first kappa shape index (κ1) is 18.6. The molecule has 3 N–H and O–H groups in total. The van der Waals surface area contributed by atoms with Crippen molar-refractivity contribution in [2.75, 3.05) is 13.7 Å². The number of hydrogen-bond donors (Lipinski definition) is 2. The highest BCUT2D eigenvalue weighted by molar-refractivity contribution is 6.30. The molecule has 0 aliphatic rings. The van der Waals surface area contributed by atoms with Crippen molar-refractivity contribution in [2.45, 2.75) is 13.0 Å². The highest BCUT2D eigenvalue weighted by Crippen LogP contribution is 2.30. The molecular weight excluding hydrogens is 344 g/mol. The molecule has 0 bridgehead atoms. The number of hydrogen-bond acceptors (Lipinski definition) is 4. The number of halogens is 1. The van der Waals surface area contributed by atoms with Crippen molar-refractivity contribution in [1.29, 1.82) is 0 Å². The summed E-state index contributed by atoms with van der Waals surface area (Å²) < 4.78 is 10.6. The third kappa shape index (κ3) is 4.87. The molecule has 2 aromatic carbocycles. The van der Waals surface area contributed by atoms with Gasteiger partial charge in [-0.05, 0) is 36.8 Å². The second-order valence-electron chi connectivity index (χ2n) is 5.33. The molecule has 132 valence electrons. The maximum absolute atomic E-state index is 12.1. The van der Waals surface area contributed by atoms with Crippen LogP contribution in [0.25, 0.3) is 0 Å². The first-order chi connectivity index (χ1) is 11.9. The minimum absolute atomic E-state index is 0.142. The highest BCUT2D eigenvalue weighted by atomic mass is 35.5. The van der Waals surface area contributed by atoms with Crippen molar-refractivity contribution in [3.05, 3.63) is 58.6 Å². The number of rotatable bonds is 7. The first-order valence-electron chi connectivity index (χ1n) is 7.56. The van der Waals surface area contributed by atoms with Gasteiger partial charge in [0.25, 0.3) is 11.8 Å². The number of primary amides is 1. The average Bonchev–Trinajstić information content (AvgIpc) is 2.59. The predicted octanol–water partition coefficient (Wildman–Crippen LogP) is 2.70. The van der Waals surface area contributed by atoms with Gasteiger partial charge in [-0.2, -0.15) is 0 Å². The zero-order chi connectivity index (χ0) is 18.4. The Morgan fingerprint density at radius 3 is 2.60 bits per heavy atom. The molecule has 0 saturated carbocycles. The summed E-state index contributed by atoms with van der Waals surface area (Å²) in [5.41, 5.74) is 6.35. The zero-order valence-electron chi connectivity index (χ0n) is 13.9. The molecule has 1 unspecified atom stereocenters. The Bertz CT molecular complexity index is 779. The molecule has 2 aromatic rings. The van der Waals surface area contributed by atoms with E-state index >= 15 is 0 Å². The Morgan fingerprint density at radius 2 is 1.96 bits per heavy atom. The van der Waals surface area contributed by atoms with Crippen LogP contribution in [0.4, 0.5) is 0 Å². The molecule has 0 aliphatic carbocycles. The van der Waals surface area contributed by atoms with Crippen LogP contribution in [0.3, 0.4) is 0 Å². The summed E-state index contributed by atoms with van der Waals surface area (Å²) in [7, 11) is 1.44. The van der Waals surface area contributed by atoms with Crippen molar-refractivity contribution >= 4 is 23.4 Å². The summed E-state index contributed by atoms with van der Waals surface area (Å²) in [4.78, 5) is 23.6. The van der Waals surface area contributed by atoms with Crippen molar-refractivity contribution in [2.24, 2.45) is 5.73 Å². The zero-order valence-corrected chi connectivity index (χ0v) is 14.7. The molecule has 0 spiro atoms. The van der Waals surface area contributed by atoms with Crippen LogP contribution < -0.4 is 20.5 Å². The van der Waals surface area contributed by atoms with E-state index in [1.807, 2.05) is 19.1 Å². The Morgan fingerprint density at radius 1 is 1.24 bits per heavy atom. The number of benzene rings is 2. The monoisotopic (exact) mass is 362 g/mol. The number of nitrogens with one attached hydrogen (secondary N) is 1. The van der Waals surface area contributed by atoms with E-state index in [9.17, 15) is 9.59 Å². The third-order valence-corrected chi connectivity index (χ3v) is 3.77. The van der Waals surface area contributed by atoms with Crippen molar-refractivity contribution in [3.63, 3.8) is 0 Å². The van der Waals surface area contributed by atoms with Gasteiger partial charge in [-0.3, -0.25) is 9.59 Å². The van der Waals surface area contributed by atoms with Gasteiger partial charge in [-0.25, -0.2) is 0 Å². The molecule has 0 radical (unpaired) electrons. The molecule has 2 rings (SSSR count). The van der Waals surface area contributed by atoms with E-state index in [0.717, 1.165) is 5.56 Å². The average molecular weight is 363 g/mol. The number of para-hydroxylation sites is 1.